The van der Waals surface area contributed by atoms with Crippen molar-refractivity contribution in [3.05, 3.63) is 34.9 Å². The molecule has 2 fully saturated rings. The molecule has 0 radical (unpaired) electrons. The molecule has 21 heavy (non-hydrogen) atoms. The zero-order valence-electron chi connectivity index (χ0n) is 12.6. The Labute approximate surface area is 131 Å². The highest BCUT2D eigenvalue weighted by molar-refractivity contribution is 6.30. The van der Waals surface area contributed by atoms with Gasteiger partial charge >= 0.3 is 0 Å². The highest BCUT2D eigenvalue weighted by atomic mass is 35.5. The number of methoxy groups -OCH3 is 1. The van der Waals surface area contributed by atoms with Gasteiger partial charge in [-0.05, 0) is 55.7 Å². The van der Waals surface area contributed by atoms with Crippen LogP contribution in [0.15, 0.2) is 24.3 Å². The van der Waals surface area contributed by atoms with Crippen molar-refractivity contribution >= 4 is 17.5 Å². The van der Waals surface area contributed by atoms with Crippen LogP contribution in [0.3, 0.4) is 0 Å². The van der Waals surface area contributed by atoms with E-state index in [0.29, 0.717) is 17.5 Å². The molecule has 4 heteroatoms. The molecule has 0 saturated heterocycles. The molecule has 0 bridgehead atoms. The third-order valence-corrected chi connectivity index (χ3v) is 5.12. The third kappa shape index (κ3) is 3.24. The zero-order valence-corrected chi connectivity index (χ0v) is 13.3. The maximum Gasteiger partial charge on any atom is 0.223 e. The lowest BCUT2D eigenvalue weighted by molar-refractivity contribution is -0.124. The van der Waals surface area contributed by atoms with Crippen LogP contribution in [-0.4, -0.2) is 19.6 Å². The van der Waals surface area contributed by atoms with E-state index in [1.807, 2.05) is 31.2 Å². The lowest BCUT2D eigenvalue weighted by Gasteiger charge is -2.29. The lowest BCUT2D eigenvalue weighted by Crippen LogP contribution is -2.40. The highest BCUT2D eigenvalue weighted by Crippen LogP contribution is 2.54. The minimum Gasteiger partial charge on any atom is -0.372 e. The van der Waals surface area contributed by atoms with Crippen molar-refractivity contribution in [2.75, 3.05) is 13.7 Å². The molecule has 3 nitrogen and oxygen atoms in total. The van der Waals surface area contributed by atoms with Gasteiger partial charge in [0.1, 0.15) is 5.60 Å². The zero-order chi connectivity index (χ0) is 15.0. The van der Waals surface area contributed by atoms with Crippen LogP contribution in [0.5, 0.6) is 0 Å². The number of hydrogen-bond donors (Lipinski definition) is 1. The van der Waals surface area contributed by atoms with Crippen molar-refractivity contribution in [2.45, 2.75) is 31.8 Å². The average Bonchev–Trinajstić information content (AvgIpc) is 3.35. The standard InChI is InChI=1S/C17H22ClNO2/c1-17(21-2,12-4-3-5-13(18)8-12)10-19-16(20)15-9-14(15)11-6-7-11/h3-5,8,11,14-15H,6-7,9-10H2,1-2H3,(H,19,20)/t14?,15?,17-/m0/s1. The summed E-state index contributed by atoms with van der Waals surface area (Å²) in [6.07, 6.45) is 3.69. The van der Waals surface area contributed by atoms with Crippen LogP contribution >= 0.6 is 11.6 Å². The molecule has 1 amide bonds. The number of nitrogens with one attached hydrogen (secondary N) is 1. The Morgan fingerprint density at radius 3 is 2.86 bits per heavy atom. The molecule has 2 unspecified atom stereocenters. The number of carbonyl (C=O) groups excluding carboxylic acids is 1. The second-order valence-electron chi connectivity index (χ2n) is 6.51. The van der Waals surface area contributed by atoms with Crippen molar-refractivity contribution < 1.29 is 9.53 Å². The maximum atomic E-state index is 12.2. The average molecular weight is 308 g/mol. The van der Waals surface area contributed by atoms with Crippen LogP contribution in [-0.2, 0) is 15.1 Å². The van der Waals surface area contributed by atoms with Crippen molar-refractivity contribution in [1.82, 2.24) is 5.32 Å². The molecule has 1 aromatic carbocycles. The van der Waals surface area contributed by atoms with Gasteiger partial charge in [-0.25, -0.2) is 0 Å². The van der Waals surface area contributed by atoms with E-state index in [1.54, 1.807) is 7.11 Å². The molecule has 1 N–H and O–H groups in total. The molecule has 0 spiro atoms. The number of amides is 1. The summed E-state index contributed by atoms with van der Waals surface area (Å²) in [7, 11) is 1.66. The van der Waals surface area contributed by atoms with Gasteiger partial charge in [-0.1, -0.05) is 23.7 Å². The fourth-order valence-corrected chi connectivity index (χ4v) is 3.25. The van der Waals surface area contributed by atoms with Crippen LogP contribution in [0.4, 0.5) is 0 Å². The largest absolute Gasteiger partial charge is 0.372 e. The van der Waals surface area contributed by atoms with E-state index in [-0.39, 0.29) is 11.8 Å². The van der Waals surface area contributed by atoms with E-state index < -0.39 is 5.60 Å². The first-order valence-corrected chi connectivity index (χ1v) is 8.00. The predicted molar refractivity (Wildman–Crippen MR) is 83.1 cm³/mol. The van der Waals surface area contributed by atoms with Crippen molar-refractivity contribution in [3.8, 4) is 0 Å². The predicted octanol–water partition coefficient (Wildman–Crippen LogP) is 3.36. The summed E-state index contributed by atoms with van der Waals surface area (Å²) in [6, 6.07) is 7.61. The highest BCUT2D eigenvalue weighted by Gasteiger charge is 2.51. The van der Waals surface area contributed by atoms with Crippen molar-refractivity contribution in [3.63, 3.8) is 0 Å². The number of benzene rings is 1. The van der Waals surface area contributed by atoms with Gasteiger partial charge in [0.25, 0.3) is 0 Å². The number of hydrogen-bond acceptors (Lipinski definition) is 2. The quantitative estimate of drug-likeness (QED) is 0.875. The summed E-state index contributed by atoms with van der Waals surface area (Å²) >= 11 is 6.05. The van der Waals surface area contributed by atoms with Gasteiger partial charge in [0.2, 0.25) is 5.91 Å². The van der Waals surface area contributed by atoms with Crippen LogP contribution in [0.2, 0.25) is 5.02 Å². The first-order valence-electron chi connectivity index (χ1n) is 7.62. The summed E-state index contributed by atoms with van der Waals surface area (Å²) in [4.78, 5) is 12.2. The first-order chi connectivity index (χ1) is 10.0. The fraction of sp³-hybridized carbons (Fsp3) is 0.588. The van der Waals surface area contributed by atoms with Crippen LogP contribution in [0.1, 0.15) is 31.7 Å². The molecular weight excluding hydrogens is 286 g/mol. The smallest absolute Gasteiger partial charge is 0.223 e. The van der Waals surface area contributed by atoms with Gasteiger partial charge in [-0.3, -0.25) is 4.79 Å². The number of halogens is 1. The monoisotopic (exact) mass is 307 g/mol. The van der Waals surface area contributed by atoms with Gasteiger partial charge in [-0.15, -0.1) is 0 Å². The molecule has 3 rings (SSSR count). The third-order valence-electron chi connectivity index (χ3n) is 4.89. The molecule has 114 valence electrons. The van der Waals surface area contributed by atoms with Gasteiger partial charge in [0.05, 0.1) is 6.54 Å². The van der Waals surface area contributed by atoms with Gasteiger partial charge in [0.15, 0.2) is 0 Å². The maximum absolute atomic E-state index is 12.2. The minimum absolute atomic E-state index is 0.178. The summed E-state index contributed by atoms with van der Waals surface area (Å²) in [5.41, 5.74) is 0.428. The van der Waals surface area contributed by atoms with Gasteiger partial charge in [-0.2, -0.15) is 0 Å². The lowest BCUT2D eigenvalue weighted by atomic mass is 9.95. The molecule has 2 aliphatic carbocycles. The Hall–Kier alpha value is -1.06. The van der Waals surface area contributed by atoms with Crippen LogP contribution < -0.4 is 5.32 Å². The molecule has 3 atom stereocenters. The molecule has 1 aromatic rings. The Morgan fingerprint density at radius 2 is 2.24 bits per heavy atom. The molecule has 0 heterocycles. The number of ether oxygens (including phenoxy) is 1. The van der Waals surface area contributed by atoms with E-state index in [4.69, 9.17) is 16.3 Å². The van der Waals surface area contributed by atoms with Crippen molar-refractivity contribution in [1.29, 1.82) is 0 Å². The van der Waals surface area contributed by atoms with E-state index >= 15 is 0 Å². The SMILES string of the molecule is CO[C@@](C)(CNC(=O)C1CC1C1CC1)c1cccc(Cl)c1. The summed E-state index contributed by atoms with van der Waals surface area (Å²) in [5, 5.41) is 3.74. The molecular formula is C17H22ClNO2. The van der Waals surface area contributed by atoms with E-state index in [9.17, 15) is 4.79 Å². The Kier molecular flexibility index (Phi) is 3.98. The first kappa shape index (κ1) is 14.9. The van der Waals surface area contributed by atoms with E-state index in [0.717, 1.165) is 17.9 Å². The van der Waals surface area contributed by atoms with Gasteiger partial charge < -0.3 is 10.1 Å². The topological polar surface area (TPSA) is 38.3 Å². The van der Waals surface area contributed by atoms with E-state index in [2.05, 4.69) is 5.32 Å². The molecule has 0 aliphatic heterocycles. The van der Waals surface area contributed by atoms with Crippen LogP contribution in [0.25, 0.3) is 0 Å². The minimum atomic E-state index is -0.551. The Morgan fingerprint density at radius 1 is 1.48 bits per heavy atom. The molecule has 0 aromatic heterocycles. The molecule has 2 aliphatic rings. The Bertz CT molecular complexity index is 543. The fourth-order valence-electron chi connectivity index (χ4n) is 3.06. The number of rotatable bonds is 6. The summed E-state index contributed by atoms with van der Waals surface area (Å²) < 4.78 is 5.64. The normalized spacial score (nSPS) is 27.0. The number of carbonyl (C=O) groups is 1. The molecule has 2 saturated carbocycles. The summed E-state index contributed by atoms with van der Waals surface area (Å²) in [5.74, 6) is 1.88. The van der Waals surface area contributed by atoms with Crippen LogP contribution in [0, 0.1) is 17.8 Å². The second-order valence-corrected chi connectivity index (χ2v) is 6.94. The van der Waals surface area contributed by atoms with E-state index in [1.165, 1.54) is 12.8 Å². The van der Waals surface area contributed by atoms with Gasteiger partial charge in [0, 0.05) is 18.1 Å². The summed E-state index contributed by atoms with van der Waals surface area (Å²) in [6.45, 7) is 2.45. The Balaban J connectivity index is 1.60. The second kappa shape index (κ2) is 5.62. The van der Waals surface area contributed by atoms with Crippen molar-refractivity contribution in [2.24, 2.45) is 17.8 Å².